The van der Waals surface area contributed by atoms with Crippen molar-refractivity contribution in [2.75, 3.05) is 0 Å². The number of benzene rings is 1. The van der Waals surface area contributed by atoms with Gasteiger partial charge < -0.3 is 9.40 Å². The number of fused-ring (bicyclic) bond motifs is 3. The fraction of sp³-hybridized carbons (Fsp3) is 0.167. The van der Waals surface area contributed by atoms with E-state index in [4.69, 9.17) is 4.84 Å². The van der Waals surface area contributed by atoms with Gasteiger partial charge in [0.25, 0.3) is 0 Å². The van der Waals surface area contributed by atoms with Crippen LogP contribution in [0.4, 0.5) is 0 Å². The molecule has 2 aromatic heterocycles. The van der Waals surface area contributed by atoms with Crippen molar-refractivity contribution in [2.24, 2.45) is 5.16 Å². The molecule has 5 nitrogen and oxygen atoms in total. The Morgan fingerprint density at radius 2 is 2.22 bits per heavy atom. The number of carbonyl (C=O) groups excluding carboxylic acids is 1. The summed E-state index contributed by atoms with van der Waals surface area (Å²) in [6, 6.07) is 8.12. The average molecular weight is 305 g/mol. The summed E-state index contributed by atoms with van der Waals surface area (Å²) in [4.78, 5) is 20.3. The maximum atomic E-state index is 11.1. The highest BCUT2D eigenvalue weighted by molar-refractivity contribution is 6.24. The first kappa shape index (κ1) is 13.7. The maximum absolute atomic E-state index is 11.1. The largest absolute Gasteiger partial charge is 0.335 e. The Morgan fingerprint density at radius 3 is 3.00 bits per heavy atom. The molecule has 0 saturated heterocycles. The summed E-state index contributed by atoms with van der Waals surface area (Å²) >= 11 is 0. The predicted octanol–water partition coefficient (Wildman–Crippen LogP) is 3.42. The van der Waals surface area contributed by atoms with E-state index in [1.807, 2.05) is 43.6 Å². The predicted molar refractivity (Wildman–Crippen MR) is 89.3 cm³/mol. The van der Waals surface area contributed by atoms with Crippen LogP contribution in [0.3, 0.4) is 0 Å². The summed E-state index contributed by atoms with van der Waals surface area (Å²) in [6.07, 6.45) is 5.71. The Morgan fingerprint density at radius 1 is 1.35 bits per heavy atom. The molecule has 0 fully saturated rings. The molecule has 1 aliphatic rings. The molecule has 114 valence electrons. The third-order valence-corrected chi connectivity index (χ3v) is 4.19. The molecule has 23 heavy (non-hydrogen) atoms. The molecule has 0 N–H and O–H groups in total. The zero-order valence-electron chi connectivity index (χ0n) is 12.9. The highest BCUT2D eigenvalue weighted by atomic mass is 16.7. The zero-order chi connectivity index (χ0) is 16.0. The standard InChI is InChI=1S/C18H15N3O2/c1-3-12-10-21-16-7-8-19-9-15(16)13-5-4-6-14(18(13)21)17(12)20-23-11(2)22/h3-9H,10H2,1-2H3/b12-3+,20-17+. The number of aromatic nitrogens is 2. The number of hydrogen-bond donors (Lipinski definition) is 0. The van der Waals surface area contributed by atoms with Gasteiger partial charge in [-0.2, -0.15) is 0 Å². The maximum Gasteiger partial charge on any atom is 0.332 e. The van der Waals surface area contributed by atoms with E-state index < -0.39 is 5.97 Å². The number of hydrogen-bond acceptors (Lipinski definition) is 4. The summed E-state index contributed by atoms with van der Waals surface area (Å²) in [5.41, 5.74) is 4.97. The Hall–Kier alpha value is -2.95. The Balaban J connectivity index is 2.09. The van der Waals surface area contributed by atoms with E-state index in [-0.39, 0.29) is 0 Å². The van der Waals surface area contributed by atoms with E-state index in [0.29, 0.717) is 6.54 Å². The molecule has 0 spiro atoms. The lowest BCUT2D eigenvalue weighted by molar-refractivity contribution is -0.140. The van der Waals surface area contributed by atoms with Crippen molar-refractivity contribution in [3.63, 3.8) is 0 Å². The van der Waals surface area contributed by atoms with E-state index in [1.54, 1.807) is 0 Å². The van der Waals surface area contributed by atoms with Crippen molar-refractivity contribution in [3.8, 4) is 0 Å². The second-order valence-corrected chi connectivity index (χ2v) is 5.52. The third-order valence-electron chi connectivity index (χ3n) is 4.19. The highest BCUT2D eigenvalue weighted by Gasteiger charge is 2.25. The molecule has 3 heterocycles. The minimum absolute atomic E-state index is 0.421. The number of allylic oxidation sites excluding steroid dienone is 2. The molecule has 0 radical (unpaired) electrons. The van der Waals surface area contributed by atoms with Gasteiger partial charge in [0.15, 0.2) is 0 Å². The van der Waals surface area contributed by atoms with Gasteiger partial charge in [0.2, 0.25) is 0 Å². The lowest BCUT2D eigenvalue weighted by Crippen LogP contribution is -2.19. The lowest BCUT2D eigenvalue weighted by Gasteiger charge is -2.20. The molecule has 1 aromatic carbocycles. The van der Waals surface area contributed by atoms with E-state index in [2.05, 4.69) is 20.8 Å². The molecule has 5 heteroatoms. The van der Waals surface area contributed by atoms with Crippen molar-refractivity contribution in [2.45, 2.75) is 20.4 Å². The molecule has 3 aromatic rings. The normalized spacial score (nSPS) is 17.3. The van der Waals surface area contributed by atoms with Gasteiger partial charge in [-0.05, 0) is 18.6 Å². The molecule has 0 unspecified atom stereocenters. The van der Waals surface area contributed by atoms with Gasteiger partial charge in [-0.3, -0.25) is 4.98 Å². The van der Waals surface area contributed by atoms with E-state index in [0.717, 1.165) is 38.7 Å². The number of para-hydroxylation sites is 1. The molecule has 0 saturated carbocycles. The van der Waals surface area contributed by atoms with Gasteiger partial charge in [-0.15, -0.1) is 0 Å². The van der Waals surface area contributed by atoms with Crippen LogP contribution >= 0.6 is 0 Å². The summed E-state index contributed by atoms with van der Waals surface area (Å²) in [5, 5.41) is 6.35. The topological polar surface area (TPSA) is 56.5 Å². The molecule has 0 bridgehead atoms. The Bertz CT molecular complexity index is 1010. The fourth-order valence-corrected chi connectivity index (χ4v) is 3.22. The van der Waals surface area contributed by atoms with Crippen LogP contribution in [0.15, 0.2) is 53.5 Å². The molecule has 0 amide bonds. The van der Waals surface area contributed by atoms with Crippen LogP contribution in [0, 0.1) is 0 Å². The van der Waals surface area contributed by atoms with Crippen molar-refractivity contribution in [1.29, 1.82) is 0 Å². The lowest BCUT2D eigenvalue weighted by atomic mass is 9.97. The summed E-state index contributed by atoms with van der Waals surface area (Å²) in [7, 11) is 0. The van der Waals surface area contributed by atoms with Crippen LogP contribution in [0.25, 0.3) is 21.8 Å². The van der Waals surface area contributed by atoms with Crippen molar-refractivity contribution >= 4 is 33.5 Å². The molecular formula is C18H15N3O2. The van der Waals surface area contributed by atoms with Crippen LogP contribution in [-0.2, 0) is 16.2 Å². The van der Waals surface area contributed by atoms with Crippen LogP contribution in [0.2, 0.25) is 0 Å². The first-order chi connectivity index (χ1) is 11.2. The summed E-state index contributed by atoms with van der Waals surface area (Å²) < 4.78 is 2.27. The average Bonchev–Trinajstić information content (AvgIpc) is 2.89. The number of carbonyl (C=O) groups is 1. The minimum Gasteiger partial charge on any atom is -0.335 e. The van der Waals surface area contributed by atoms with Crippen LogP contribution < -0.4 is 0 Å². The first-order valence-electron chi connectivity index (χ1n) is 7.47. The third kappa shape index (κ3) is 1.97. The molecular weight excluding hydrogens is 290 g/mol. The first-order valence-corrected chi connectivity index (χ1v) is 7.47. The minimum atomic E-state index is -0.421. The van der Waals surface area contributed by atoms with E-state index >= 15 is 0 Å². The second kappa shape index (κ2) is 5.05. The van der Waals surface area contributed by atoms with Crippen LogP contribution in [0.5, 0.6) is 0 Å². The quantitative estimate of drug-likeness (QED) is 0.511. The number of oxime groups is 1. The monoisotopic (exact) mass is 305 g/mol. The molecule has 1 aliphatic heterocycles. The molecule has 4 rings (SSSR count). The van der Waals surface area contributed by atoms with Gasteiger partial charge in [0.1, 0.15) is 5.71 Å². The SMILES string of the molecule is C/C=C1\Cn2c3ccncc3c3cccc(c32)\C1=N\OC(C)=O. The fourth-order valence-electron chi connectivity index (χ4n) is 3.22. The Kier molecular flexibility index (Phi) is 3.01. The van der Waals surface area contributed by atoms with Crippen LogP contribution in [-0.4, -0.2) is 21.2 Å². The zero-order valence-corrected chi connectivity index (χ0v) is 12.9. The van der Waals surface area contributed by atoms with Crippen molar-refractivity contribution in [3.05, 3.63) is 53.9 Å². The summed E-state index contributed by atoms with van der Waals surface area (Å²) in [5.74, 6) is -0.421. The number of pyridine rings is 1. The van der Waals surface area contributed by atoms with Gasteiger partial charge in [-0.1, -0.05) is 29.4 Å². The number of rotatable bonds is 1. The van der Waals surface area contributed by atoms with E-state index in [1.165, 1.54) is 6.92 Å². The van der Waals surface area contributed by atoms with E-state index in [9.17, 15) is 4.79 Å². The Labute approximate surface area is 132 Å². The molecule has 0 atom stereocenters. The number of nitrogens with zero attached hydrogens (tertiary/aromatic N) is 3. The smallest absolute Gasteiger partial charge is 0.332 e. The van der Waals surface area contributed by atoms with Gasteiger partial charge in [0.05, 0.1) is 17.6 Å². The van der Waals surface area contributed by atoms with Gasteiger partial charge in [-0.25, -0.2) is 4.79 Å². The van der Waals surface area contributed by atoms with Crippen molar-refractivity contribution < 1.29 is 9.63 Å². The summed E-state index contributed by atoms with van der Waals surface area (Å²) in [6.45, 7) is 4.01. The van der Waals surface area contributed by atoms with Crippen molar-refractivity contribution in [1.82, 2.24) is 9.55 Å². The highest BCUT2D eigenvalue weighted by Crippen LogP contribution is 2.35. The second-order valence-electron chi connectivity index (χ2n) is 5.52. The van der Waals surface area contributed by atoms with Crippen LogP contribution in [0.1, 0.15) is 19.4 Å². The van der Waals surface area contributed by atoms with Gasteiger partial charge in [0, 0.05) is 35.7 Å². The molecule has 0 aliphatic carbocycles. The van der Waals surface area contributed by atoms with Gasteiger partial charge >= 0.3 is 5.97 Å².